The van der Waals surface area contributed by atoms with Crippen molar-refractivity contribution in [3.05, 3.63) is 16.1 Å². The zero-order valence-electron chi connectivity index (χ0n) is 8.53. The molecule has 1 aromatic rings. The number of thiazole rings is 1. The van der Waals surface area contributed by atoms with E-state index in [1.807, 2.05) is 12.3 Å². The lowest BCUT2D eigenvalue weighted by Gasteiger charge is -2.00. The van der Waals surface area contributed by atoms with Gasteiger partial charge in [-0.3, -0.25) is 9.59 Å². The van der Waals surface area contributed by atoms with Crippen molar-refractivity contribution in [2.75, 3.05) is 0 Å². The van der Waals surface area contributed by atoms with Crippen LogP contribution in [-0.4, -0.2) is 16.6 Å². The van der Waals surface area contributed by atoms with E-state index in [4.69, 9.17) is 0 Å². The molecule has 0 N–H and O–H groups in total. The lowest BCUT2D eigenvalue weighted by atomic mass is 10.0. The highest BCUT2D eigenvalue weighted by Gasteiger charge is 2.16. The number of Topliss-reactive ketones (excluding diaryl/α,β-unsaturated/α-hetero) is 2. The number of nitrogens with zero attached hydrogens (tertiary/aromatic N) is 1. The summed E-state index contributed by atoms with van der Waals surface area (Å²) in [5, 5.41) is 2.25. The van der Waals surface area contributed by atoms with Gasteiger partial charge in [0, 0.05) is 17.0 Å². The average Bonchev–Trinajstić information content (AvgIpc) is 2.51. The zero-order valence-corrected chi connectivity index (χ0v) is 9.35. The van der Waals surface area contributed by atoms with Crippen LogP contribution in [0, 0.1) is 12.8 Å². The Bertz CT molecular complexity index is 355. The minimum absolute atomic E-state index is 0.0232. The summed E-state index contributed by atoms with van der Waals surface area (Å²) in [7, 11) is 0. The monoisotopic (exact) mass is 211 g/mol. The van der Waals surface area contributed by atoms with Crippen molar-refractivity contribution in [3.63, 3.8) is 0 Å². The van der Waals surface area contributed by atoms with Crippen LogP contribution in [0.3, 0.4) is 0 Å². The Morgan fingerprint density at radius 2 is 2.14 bits per heavy atom. The largest absolute Gasteiger partial charge is 0.299 e. The number of aryl methyl sites for hydroxylation is 1. The fourth-order valence-corrected chi connectivity index (χ4v) is 1.66. The van der Waals surface area contributed by atoms with E-state index in [1.54, 1.807) is 13.8 Å². The minimum atomic E-state index is -0.165. The van der Waals surface area contributed by atoms with Gasteiger partial charge in [-0.1, -0.05) is 13.8 Å². The minimum Gasteiger partial charge on any atom is -0.299 e. The van der Waals surface area contributed by atoms with Gasteiger partial charge in [0.05, 0.1) is 6.42 Å². The topological polar surface area (TPSA) is 47.0 Å². The molecule has 0 unspecified atom stereocenters. The van der Waals surface area contributed by atoms with Gasteiger partial charge in [-0.05, 0) is 6.92 Å². The highest BCUT2D eigenvalue weighted by molar-refractivity contribution is 7.11. The van der Waals surface area contributed by atoms with Gasteiger partial charge >= 0.3 is 0 Å². The van der Waals surface area contributed by atoms with Crippen LogP contribution in [0.2, 0.25) is 0 Å². The summed E-state index contributed by atoms with van der Waals surface area (Å²) in [6.07, 6.45) is -0.0232. The molecule has 0 radical (unpaired) electrons. The fraction of sp³-hybridized carbons (Fsp3) is 0.500. The maximum atomic E-state index is 11.5. The molecule has 0 aliphatic rings. The molecule has 3 nitrogen and oxygen atoms in total. The Labute approximate surface area is 87.2 Å². The van der Waals surface area contributed by atoms with E-state index >= 15 is 0 Å². The van der Waals surface area contributed by atoms with Crippen LogP contribution in [0.25, 0.3) is 0 Å². The number of aromatic nitrogens is 1. The SMILES string of the molecule is Cc1csc(C(=O)CC(=O)C(C)C)n1. The maximum absolute atomic E-state index is 11.5. The standard InChI is InChI=1S/C10H13NO2S/c1-6(2)8(12)4-9(13)10-11-7(3)5-14-10/h5-6H,4H2,1-3H3. The quantitative estimate of drug-likeness (QED) is 0.567. The molecule has 1 aromatic heterocycles. The molecule has 0 aromatic carbocycles. The van der Waals surface area contributed by atoms with E-state index in [0.29, 0.717) is 5.01 Å². The Kier molecular flexibility index (Phi) is 3.52. The summed E-state index contributed by atoms with van der Waals surface area (Å²) in [6, 6.07) is 0. The molecule has 4 heteroatoms. The number of carbonyl (C=O) groups is 2. The van der Waals surface area contributed by atoms with Crippen LogP contribution in [-0.2, 0) is 4.79 Å². The van der Waals surface area contributed by atoms with E-state index in [-0.39, 0.29) is 23.9 Å². The van der Waals surface area contributed by atoms with Crippen LogP contribution in [0.15, 0.2) is 5.38 Å². The van der Waals surface area contributed by atoms with Gasteiger partial charge in [-0.25, -0.2) is 4.98 Å². The number of rotatable bonds is 4. The number of ketones is 2. The third-order valence-electron chi connectivity index (χ3n) is 1.84. The number of hydrogen-bond acceptors (Lipinski definition) is 4. The van der Waals surface area contributed by atoms with Crippen molar-refractivity contribution in [1.82, 2.24) is 4.98 Å². The van der Waals surface area contributed by atoms with Gasteiger partial charge in [-0.15, -0.1) is 11.3 Å². The molecular weight excluding hydrogens is 198 g/mol. The molecule has 0 saturated carbocycles. The number of hydrogen-bond donors (Lipinski definition) is 0. The van der Waals surface area contributed by atoms with Crippen molar-refractivity contribution < 1.29 is 9.59 Å². The van der Waals surface area contributed by atoms with Crippen LogP contribution in [0.4, 0.5) is 0 Å². The molecule has 0 spiro atoms. The highest BCUT2D eigenvalue weighted by Crippen LogP contribution is 2.12. The Balaban J connectivity index is 2.64. The summed E-state index contributed by atoms with van der Waals surface area (Å²) >= 11 is 1.30. The van der Waals surface area contributed by atoms with Crippen molar-refractivity contribution in [2.45, 2.75) is 27.2 Å². The summed E-state index contributed by atoms with van der Waals surface area (Å²) in [5.41, 5.74) is 0.829. The second-order valence-electron chi connectivity index (χ2n) is 3.52. The predicted molar refractivity (Wildman–Crippen MR) is 55.6 cm³/mol. The molecule has 76 valence electrons. The Morgan fingerprint density at radius 3 is 2.57 bits per heavy atom. The van der Waals surface area contributed by atoms with Gasteiger partial charge in [0.15, 0.2) is 10.8 Å². The zero-order chi connectivity index (χ0) is 10.7. The van der Waals surface area contributed by atoms with Gasteiger partial charge in [-0.2, -0.15) is 0 Å². The lowest BCUT2D eigenvalue weighted by Crippen LogP contribution is -2.13. The van der Waals surface area contributed by atoms with Gasteiger partial charge in [0.2, 0.25) is 0 Å². The summed E-state index contributed by atoms with van der Waals surface area (Å²) < 4.78 is 0. The van der Waals surface area contributed by atoms with Crippen LogP contribution in [0.1, 0.15) is 35.8 Å². The Hall–Kier alpha value is -1.03. The first-order chi connectivity index (χ1) is 6.50. The molecule has 1 rings (SSSR count). The molecule has 0 bridgehead atoms. The smallest absolute Gasteiger partial charge is 0.198 e. The first-order valence-corrected chi connectivity index (χ1v) is 5.36. The van der Waals surface area contributed by atoms with E-state index in [0.717, 1.165) is 5.69 Å². The second-order valence-corrected chi connectivity index (χ2v) is 4.37. The highest BCUT2D eigenvalue weighted by atomic mass is 32.1. The molecule has 0 aliphatic carbocycles. The van der Waals surface area contributed by atoms with Gasteiger partial charge < -0.3 is 0 Å². The van der Waals surface area contributed by atoms with Crippen molar-refractivity contribution in [2.24, 2.45) is 5.92 Å². The van der Waals surface area contributed by atoms with Gasteiger partial charge in [0.25, 0.3) is 0 Å². The van der Waals surface area contributed by atoms with Gasteiger partial charge in [0.1, 0.15) is 5.78 Å². The molecule has 0 saturated heterocycles. The van der Waals surface area contributed by atoms with Crippen molar-refractivity contribution >= 4 is 22.9 Å². The average molecular weight is 211 g/mol. The van der Waals surface area contributed by atoms with Crippen LogP contribution < -0.4 is 0 Å². The van der Waals surface area contributed by atoms with Crippen molar-refractivity contribution in [1.29, 1.82) is 0 Å². The molecule has 0 atom stereocenters. The molecule has 1 heterocycles. The molecule has 0 fully saturated rings. The van der Waals surface area contributed by atoms with E-state index in [1.165, 1.54) is 11.3 Å². The molecule has 0 aliphatic heterocycles. The summed E-state index contributed by atoms with van der Waals surface area (Å²) in [6.45, 7) is 5.42. The molecule has 0 amide bonds. The Morgan fingerprint density at radius 1 is 1.50 bits per heavy atom. The van der Waals surface area contributed by atoms with Crippen LogP contribution in [0.5, 0.6) is 0 Å². The predicted octanol–water partition coefficient (Wildman–Crippen LogP) is 2.25. The third kappa shape index (κ3) is 2.73. The first kappa shape index (κ1) is 11.0. The fourth-order valence-electron chi connectivity index (χ4n) is 0.920. The van der Waals surface area contributed by atoms with E-state index < -0.39 is 0 Å². The lowest BCUT2D eigenvalue weighted by molar-refractivity contribution is -0.121. The second kappa shape index (κ2) is 4.46. The normalized spacial score (nSPS) is 10.6. The van der Waals surface area contributed by atoms with Crippen LogP contribution >= 0.6 is 11.3 Å². The first-order valence-electron chi connectivity index (χ1n) is 4.48. The summed E-state index contributed by atoms with van der Waals surface area (Å²) in [4.78, 5) is 26.8. The third-order valence-corrected chi connectivity index (χ3v) is 2.84. The summed E-state index contributed by atoms with van der Waals surface area (Å²) in [5.74, 6) is -0.273. The van der Waals surface area contributed by atoms with E-state index in [9.17, 15) is 9.59 Å². The number of carbonyl (C=O) groups excluding carboxylic acids is 2. The van der Waals surface area contributed by atoms with E-state index in [2.05, 4.69) is 4.98 Å². The van der Waals surface area contributed by atoms with Crippen molar-refractivity contribution in [3.8, 4) is 0 Å². The maximum Gasteiger partial charge on any atom is 0.198 e. The molecule has 14 heavy (non-hydrogen) atoms. The molecular formula is C10H13NO2S.